The number of aliphatic hydroxyl groups is 1. The van der Waals surface area contributed by atoms with Crippen LogP contribution in [-0.2, 0) is 19.7 Å². The van der Waals surface area contributed by atoms with Gasteiger partial charge in [0.2, 0.25) is 5.56 Å². The molecular weight excluding hydrogens is 546 g/mol. The zero-order chi connectivity index (χ0) is 30.2. The molecule has 1 unspecified atom stereocenters. The highest BCUT2D eigenvalue weighted by Gasteiger charge is 2.15. The van der Waals surface area contributed by atoms with E-state index in [-0.39, 0.29) is 23.8 Å². The van der Waals surface area contributed by atoms with Crippen LogP contribution in [0.5, 0.6) is 17.2 Å². The van der Waals surface area contributed by atoms with E-state index in [0.717, 1.165) is 22.4 Å². The van der Waals surface area contributed by atoms with Crippen molar-refractivity contribution in [2.45, 2.75) is 25.8 Å². The average molecular weight is 580 g/mol. The molecule has 0 saturated heterocycles. The van der Waals surface area contributed by atoms with Crippen molar-refractivity contribution >= 4 is 16.8 Å². The molecule has 0 saturated carbocycles. The van der Waals surface area contributed by atoms with Gasteiger partial charge in [0.1, 0.15) is 23.9 Å². The molecule has 0 aliphatic carbocycles. The first-order valence-corrected chi connectivity index (χ1v) is 13.9. The van der Waals surface area contributed by atoms with Crippen LogP contribution >= 0.6 is 0 Å². The van der Waals surface area contributed by atoms with E-state index in [1.807, 2.05) is 60.7 Å². The number of phenols is 1. The number of carbonyl (C=O) groups excluding carboxylic acids is 1. The molecule has 1 heterocycles. The number of H-pyrrole nitrogens is 1. The summed E-state index contributed by atoms with van der Waals surface area (Å²) in [6, 6.07) is 28.7. The Labute approximate surface area is 248 Å². The normalized spacial score (nSPS) is 11.7. The Bertz CT molecular complexity index is 1750. The predicted molar refractivity (Wildman–Crippen MR) is 164 cm³/mol. The number of phenolic OH excluding ortho intramolecular Hbond substituents is 1. The number of aromatic hydroxyl groups is 1. The van der Waals surface area contributed by atoms with Crippen molar-refractivity contribution in [1.82, 2.24) is 15.6 Å². The number of nitrogens with one attached hydrogen (secondary N) is 3. The van der Waals surface area contributed by atoms with Gasteiger partial charge < -0.3 is 35.3 Å². The SMILES string of the molecule is COc1cc(CNC(=O)c2ccc(COc3ccccc3)cc2)ccc1CNCC(O)c1ccc(O)c2[nH]c(=O)ccc12. The molecule has 220 valence electrons. The van der Waals surface area contributed by atoms with Crippen LogP contribution < -0.4 is 25.7 Å². The fraction of sp³-hybridized carbons (Fsp3) is 0.176. The Morgan fingerprint density at radius 3 is 2.44 bits per heavy atom. The first-order chi connectivity index (χ1) is 20.9. The molecule has 1 aromatic heterocycles. The van der Waals surface area contributed by atoms with E-state index in [1.165, 1.54) is 12.1 Å². The van der Waals surface area contributed by atoms with E-state index in [1.54, 1.807) is 31.4 Å². The van der Waals surface area contributed by atoms with Gasteiger partial charge >= 0.3 is 0 Å². The largest absolute Gasteiger partial charge is 0.506 e. The number of rotatable bonds is 12. The molecule has 5 rings (SSSR count). The Hall–Kier alpha value is -5.12. The number of pyridine rings is 1. The van der Waals surface area contributed by atoms with E-state index in [4.69, 9.17) is 9.47 Å². The second-order valence-corrected chi connectivity index (χ2v) is 10.1. The third-order valence-corrected chi connectivity index (χ3v) is 7.09. The molecule has 5 aromatic rings. The Balaban J connectivity index is 1.13. The first kappa shape index (κ1) is 29.4. The van der Waals surface area contributed by atoms with E-state index in [2.05, 4.69) is 15.6 Å². The smallest absolute Gasteiger partial charge is 0.251 e. The van der Waals surface area contributed by atoms with E-state index in [9.17, 15) is 19.8 Å². The zero-order valence-corrected chi connectivity index (χ0v) is 23.7. The number of methoxy groups -OCH3 is 1. The lowest BCUT2D eigenvalue weighted by molar-refractivity contribution is 0.0950. The number of fused-ring (bicyclic) bond motifs is 1. The Morgan fingerprint density at radius 1 is 0.907 bits per heavy atom. The van der Waals surface area contributed by atoms with Crippen molar-refractivity contribution in [3.63, 3.8) is 0 Å². The molecular formula is C34H33N3O6. The summed E-state index contributed by atoms with van der Waals surface area (Å²) in [4.78, 5) is 27.0. The molecule has 43 heavy (non-hydrogen) atoms. The number of aromatic amines is 1. The fourth-order valence-corrected chi connectivity index (χ4v) is 4.77. The highest BCUT2D eigenvalue weighted by atomic mass is 16.5. The summed E-state index contributed by atoms with van der Waals surface area (Å²) in [7, 11) is 1.59. The standard InChI is InChI=1S/C34H33N3O6/c1-42-31-17-23(18-36-34(41)24-10-7-22(8-11-24)21-43-26-5-3-2-4-6-26)9-12-25(31)19-35-20-30(39)27-13-15-29(38)33-28(27)14-16-32(40)37-33/h2-17,30,35,38-39H,18-21H2,1H3,(H,36,41)(H,37,40). The van der Waals surface area contributed by atoms with Crippen LogP contribution in [0, 0.1) is 0 Å². The van der Waals surface area contributed by atoms with Gasteiger partial charge in [-0.05, 0) is 59.2 Å². The summed E-state index contributed by atoms with van der Waals surface area (Å²) in [5, 5.41) is 27.7. The Kier molecular flexibility index (Phi) is 9.36. The summed E-state index contributed by atoms with van der Waals surface area (Å²) < 4.78 is 11.3. The minimum atomic E-state index is -0.875. The van der Waals surface area contributed by atoms with Crippen LogP contribution in [0.2, 0.25) is 0 Å². The maximum atomic E-state index is 12.7. The zero-order valence-electron chi connectivity index (χ0n) is 23.7. The van der Waals surface area contributed by atoms with Crippen LogP contribution in [0.4, 0.5) is 0 Å². The highest BCUT2D eigenvalue weighted by molar-refractivity contribution is 5.94. The minimum absolute atomic E-state index is 0.0554. The first-order valence-electron chi connectivity index (χ1n) is 13.9. The van der Waals surface area contributed by atoms with Crippen LogP contribution in [0.1, 0.15) is 38.7 Å². The molecule has 0 bridgehead atoms. The number of aliphatic hydroxyl groups excluding tert-OH is 1. The van der Waals surface area contributed by atoms with Crippen molar-refractivity contribution in [2.75, 3.05) is 13.7 Å². The molecule has 0 aliphatic rings. The van der Waals surface area contributed by atoms with Crippen LogP contribution in [0.25, 0.3) is 10.9 Å². The minimum Gasteiger partial charge on any atom is -0.506 e. The summed E-state index contributed by atoms with van der Waals surface area (Å²) in [6.07, 6.45) is -0.875. The molecule has 0 aliphatic heterocycles. The second-order valence-electron chi connectivity index (χ2n) is 10.1. The molecule has 0 fully saturated rings. The molecule has 1 atom stereocenters. The monoisotopic (exact) mass is 579 g/mol. The van der Waals surface area contributed by atoms with Gasteiger partial charge in [0.25, 0.3) is 5.91 Å². The maximum absolute atomic E-state index is 12.7. The summed E-state index contributed by atoms with van der Waals surface area (Å²) >= 11 is 0. The number of amides is 1. The fourth-order valence-electron chi connectivity index (χ4n) is 4.77. The quantitative estimate of drug-likeness (QED) is 0.146. The van der Waals surface area contributed by atoms with Crippen molar-refractivity contribution in [3.8, 4) is 17.2 Å². The molecule has 0 radical (unpaired) electrons. The van der Waals surface area contributed by atoms with Gasteiger partial charge in [0.15, 0.2) is 0 Å². The molecule has 1 amide bonds. The van der Waals surface area contributed by atoms with E-state index < -0.39 is 6.10 Å². The van der Waals surface area contributed by atoms with E-state index >= 15 is 0 Å². The number of carbonyl (C=O) groups is 1. The molecule has 5 N–H and O–H groups in total. The molecule has 9 heteroatoms. The Morgan fingerprint density at radius 2 is 1.67 bits per heavy atom. The van der Waals surface area contributed by atoms with Crippen molar-refractivity contribution in [2.24, 2.45) is 0 Å². The predicted octanol–water partition coefficient (Wildman–Crippen LogP) is 4.57. The van der Waals surface area contributed by atoms with E-state index in [0.29, 0.717) is 47.5 Å². The summed E-state index contributed by atoms with van der Waals surface area (Å²) in [5.41, 5.74) is 3.84. The third kappa shape index (κ3) is 7.40. The topological polar surface area (TPSA) is 133 Å². The van der Waals surface area contributed by atoms with Gasteiger partial charge in [-0.25, -0.2) is 0 Å². The van der Waals surface area contributed by atoms with Crippen molar-refractivity contribution in [1.29, 1.82) is 0 Å². The van der Waals surface area contributed by atoms with Gasteiger partial charge in [0.05, 0.1) is 18.7 Å². The number of hydrogen-bond acceptors (Lipinski definition) is 7. The van der Waals surface area contributed by atoms with Crippen molar-refractivity contribution in [3.05, 3.63) is 135 Å². The van der Waals surface area contributed by atoms with Gasteiger partial charge in [-0.15, -0.1) is 0 Å². The summed E-state index contributed by atoms with van der Waals surface area (Å²) in [6.45, 7) is 1.41. The number of hydrogen-bond donors (Lipinski definition) is 5. The van der Waals surface area contributed by atoms with Gasteiger partial charge in [0, 0.05) is 42.2 Å². The van der Waals surface area contributed by atoms with Gasteiger partial charge in [-0.1, -0.05) is 48.5 Å². The van der Waals surface area contributed by atoms with Gasteiger partial charge in [-0.3, -0.25) is 9.59 Å². The lowest BCUT2D eigenvalue weighted by Gasteiger charge is -2.16. The molecule has 4 aromatic carbocycles. The summed E-state index contributed by atoms with van der Waals surface area (Å²) in [5.74, 6) is 1.21. The van der Waals surface area contributed by atoms with Crippen molar-refractivity contribution < 1.29 is 24.5 Å². The van der Waals surface area contributed by atoms with Crippen LogP contribution in [-0.4, -0.2) is 34.8 Å². The average Bonchev–Trinajstić information content (AvgIpc) is 3.04. The number of benzene rings is 4. The lowest BCUT2D eigenvalue weighted by atomic mass is 10.0. The molecule has 9 nitrogen and oxygen atoms in total. The number of ether oxygens (including phenoxy) is 2. The maximum Gasteiger partial charge on any atom is 0.251 e. The highest BCUT2D eigenvalue weighted by Crippen LogP contribution is 2.29. The molecule has 0 spiro atoms. The number of aromatic nitrogens is 1. The van der Waals surface area contributed by atoms with Gasteiger partial charge in [-0.2, -0.15) is 0 Å². The van der Waals surface area contributed by atoms with Crippen LogP contribution in [0.3, 0.4) is 0 Å². The third-order valence-electron chi connectivity index (χ3n) is 7.09. The number of para-hydroxylation sites is 1. The second kappa shape index (κ2) is 13.7. The lowest BCUT2D eigenvalue weighted by Crippen LogP contribution is -2.23. The van der Waals surface area contributed by atoms with Crippen LogP contribution in [0.15, 0.2) is 102 Å².